The molecule has 2 heterocycles. The lowest BCUT2D eigenvalue weighted by Gasteiger charge is -2.20. The van der Waals surface area contributed by atoms with Crippen molar-refractivity contribution in [2.75, 3.05) is 24.6 Å². The van der Waals surface area contributed by atoms with E-state index in [1.54, 1.807) is 17.7 Å². The maximum absolute atomic E-state index is 12.3. The van der Waals surface area contributed by atoms with Gasteiger partial charge in [-0.25, -0.2) is 0 Å². The van der Waals surface area contributed by atoms with Crippen LogP contribution in [0.25, 0.3) is 0 Å². The van der Waals surface area contributed by atoms with E-state index in [9.17, 15) is 4.79 Å². The first kappa shape index (κ1) is 13.1. The maximum atomic E-state index is 12.3. The summed E-state index contributed by atoms with van der Waals surface area (Å²) in [5.41, 5.74) is 0.562. The van der Waals surface area contributed by atoms with Crippen molar-refractivity contribution in [3.05, 3.63) is 21.9 Å². The number of hydrogen-bond acceptors (Lipinski definition) is 2. The van der Waals surface area contributed by atoms with Gasteiger partial charge in [0.15, 0.2) is 0 Å². The van der Waals surface area contributed by atoms with Crippen LogP contribution in [0.5, 0.6) is 0 Å². The Morgan fingerprint density at radius 3 is 2.76 bits per heavy atom. The fourth-order valence-electron chi connectivity index (χ4n) is 1.86. The van der Waals surface area contributed by atoms with Gasteiger partial charge in [-0.1, -0.05) is 23.2 Å². The van der Waals surface area contributed by atoms with E-state index in [0.29, 0.717) is 15.9 Å². The van der Waals surface area contributed by atoms with E-state index >= 15 is 0 Å². The molecule has 0 unspecified atom stereocenters. The molecule has 1 fully saturated rings. The van der Waals surface area contributed by atoms with E-state index in [0.717, 1.165) is 31.0 Å². The standard InChI is InChI=1S/C11H14Cl2N2OS/c1-14-9(7-8(12)10(14)13)11(16)15-3-2-5-17-6-4-15/h7H,2-6H2,1H3. The van der Waals surface area contributed by atoms with E-state index in [1.165, 1.54) is 0 Å². The first-order chi connectivity index (χ1) is 8.11. The van der Waals surface area contributed by atoms with Crippen LogP contribution in [0.4, 0.5) is 0 Å². The Bertz CT molecular complexity index is 425. The molecule has 1 aliphatic rings. The highest BCUT2D eigenvalue weighted by Crippen LogP contribution is 2.26. The van der Waals surface area contributed by atoms with Gasteiger partial charge < -0.3 is 9.47 Å². The van der Waals surface area contributed by atoms with Crippen LogP contribution in [0.2, 0.25) is 10.2 Å². The Kier molecular flexibility index (Phi) is 4.28. The largest absolute Gasteiger partial charge is 0.337 e. The number of carbonyl (C=O) groups is 1. The average molecular weight is 293 g/mol. The zero-order chi connectivity index (χ0) is 12.4. The molecule has 0 saturated carbocycles. The van der Waals surface area contributed by atoms with Crippen molar-refractivity contribution in [3.63, 3.8) is 0 Å². The molecule has 1 aromatic heterocycles. The number of thioether (sulfide) groups is 1. The second-order valence-electron chi connectivity index (χ2n) is 3.99. The van der Waals surface area contributed by atoms with E-state index in [1.807, 2.05) is 16.7 Å². The summed E-state index contributed by atoms with van der Waals surface area (Å²) in [6, 6.07) is 1.64. The normalized spacial score (nSPS) is 17.0. The number of aromatic nitrogens is 1. The summed E-state index contributed by atoms with van der Waals surface area (Å²) in [6.45, 7) is 1.61. The molecule has 0 spiro atoms. The van der Waals surface area contributed by atoms with Gasteiger partial charge in [-0.05, 0) is 18.2 Å². The predicted octanol–water partition coefficient (Wildman–Crippen LogP) is 2.91. The van der Waals surface area contributed by atoms with Gasteiger partial charge in [0.2, 0.25) is 0 Å². The molecule has 2 rings (SSSR count). The van der Waals surface area contributed by atoms with Crippen LogP contribution in [0, 0.1) is 0 Å². The third-order valence-electron chi connectivity index (χ3n) is 2.84. The highest BCUT2D eigenvalue weighted by Gasteiger charge is 2.22. The topological polar surface area (TPSA) is 25.2 Å². The van der Waals surface area contributed by atoms with E-state index in [-0.39, 0.29) is 5.91 Å². The number of hydrogen-bond donors (Lipinski definition) is 0. The highest BCUT2D eigenvalue weighted by atomic mass is 35.5. The second-order valence-corrected chi connectivity index (χ2v) is 5.98. The van der Waals surface area contributed by atoms with Crippen LogP contribution in [0.1, 0.15) is 16.9 Å². The molecule has 0 aromatic carbocycles. The lowest BCUT2D eigenvalue weighted by atomic mass is 10.3. The van der Waals surface area contributed by atoms with Crippen molar-refractivity contribution < 1.29 is 4.79 Å². The zero-order valence-electron chi connectivity index (χ0n) is 9.58. The molecule has 0 radical (unpaired) electrons. The molecule has 1 saturated heterocycles. The quantitative estimate of drug-likeness (QED) is 0.795. The summed E-state index contributed by atoms with van der Waals surface area (Å²) in [7, 11) is 1.76. The Balaban J connectivity index is 2.20. The molecule has 0 atom stereocenters. The van der Waals surface area contributed by atoms with Crippen LogP contribution in [0.3, 0.4) is 0 Å². The van der Waals surface area contributed by atoms with Gasteiger partial charge in [-0.15, -0.1) is 0 Å². The Morgan fingerprint density at radius 2 is 2.12 bits per heavy atom. The van der Waals surface area contributed by atoms with Gasteiger partial charge in [0.25, 0.3) is 5.91 Å². The SMILES string of the molecule is Cn1c(C(=O)N2CCCSCC2)cc(Cl)c1Cl. The molecule has 0 N–H and O–H groups in total. The lowest BCUT2D eigenvalue weighted by Crippen LogP contribution is -2.34. The third-order valence-corrected chi connectivity index (χ3v) is 4.74. The molecule has 17 heavy (non-hydrogen) atoms. The fraction of sp³-hybridized carbons (Fsp3) is 0.545. The molecule has 3 nitrogen and oxygen atoms in total. The minimum absolute atomic E-state index is 0.0174. The Labute approximate surface area is 115 Å². The number of amides is 1. The number of halogens is 2. The number of carbonyl (C=O) groups excluding carboxylic acids is 1. The molecular weight excluding hydrogens is 279 g/mol. The molecule has 0 aliphatic carbocycles. The van der Waals surface area contributed by atoms with Crippen molar-refractivity contribution in [2.24, 2.45) is 7.05 Å². The number of rotatable bonds is 1. The second kappa shape index (κ2) is 5.55. The molecule has 1 aromatic rings. The Morgan fingerprint density at radius 1 is 1.35 bits per heavy atom. The minimum atomic E-state index is 0.0174. The molecule has 94 valence electrons. The molecular formula is C11H14Cl2N2OS. The maximum Gasteiger partial charge on any atom is 0.270 e. The summed E-state index contributed by atoms with van der Waals surface area (Å²) < 4.78 is 1.64. The lowest BCUT2D eigenvalue weighted by molar-refractivity contribution is 0.0759. The smallest absolute Gasteiger partial charge is 0.270 e. The van der Waals surface area contributed by atoms with Crippen LogP contribution < -0.4 is 0 Å². The Hall–Kier alpha value is -0.320. The number of nitrogens with zero attached hydrogens (tertiary/aromatic N) is 2. The molecule has 1 amide bonds. The summed E-state index contributed by atoms with van der Waals surface area (Å²) >= 11 is 13.8. The zero-order valence-corrected chi connectivity index (χ0v) is 11.9. The van der Waals surface area contributed by atoms with Gasteiger partial charge in [-0.3, -0.25) is 4.79 Å². The van der Waals surface area contributed by atoms with E-state index in [4.69, 9.17) is 23.2 Å². The van der Waals surface area contributed by atoms with Gasteiger partial charge >= 0.3 is 0 Å². The van der Waals surface area contributed by atoms with Crippen molar-refractivity contribution in [1.29, 1.82) is 0 Å². The molecule has 0 bridgehead atoms. The summed E-state index contributed by atoms with van der Waals surface area (Å²) in [6.07, 6.45) is 1.04. The van der Waals surface area contributed by atoms with Gasteiger partial charge in [-0.2, -0.15) is 11.8 Å². The summed E-state index contributed by atoms with van der Waals surface area (Å²) in [5.74, 6) is 2.14. The molecule has 6 heteroatoms. The predicted molar refractivity (Wildman–Crippen MR) is 73.3 cm³/mol. The third kappa shape index (κ3) is 2.75. The summed E-state index contributed by atoms with van der Waals surface area (Å²) in [5, 5.41) is 0.848. The van der Waals surface area contributed by atoms with Crippen molar-refractivity contribution in [3.8, 4) is 0 Å². The minimum Gasteiger partial charge on any atom is -0.337 e. The summed E-state index contributed by atoms with van der Waals surface area (Å²) in [4.78, 5) is 14.2. The fourth-order valence-corrected chi connectivity index (χ4v) is 3.12. The van der Waals surface area contributed by atoms with Gasteiger partial charge in [0.05, 0.1) is 5.02 Å². The van der Waals surface area contributed by atoms with Crippen LogP contribution in [-0.2, 0) is 7.05 Å². The van der Waals surface area contributed by atoms with E-state index < -0.39 is 0 Å². The van der Waals surface area contributed by atoms with Crippen molar-refractivity contribution >= 4 is 40.9 Å². The average Bonchev–Trinajstić information content (AvgIpc) is 2.57. The van der Waals surface area contributed by atoms with Crippen LogP contribution in [0.15, 0.2) is 6.07 Å². The molecule has 1 aliphatic heterocycles. The van der Waals surface area contributed by atoms with Crippen molar-refractivity contribution in [1.82, 2.24) is 9.47 Å². The first-order valence-corrected chi connectivity index (χ1v) is 7.40. The monoisotopic (exact) mass is 292 g/mol. The van der Waals surface area contributed by atoms with E-state index in [2.05, 4.69) is 0 Å². The van der Waals surface area contributed by atoms with Gasteiger partial charge in [0.1, 0.15) is 10.8 Å². The van der Waals surface area contributed by atoms with Crippen LogP contribution >= 0.6 is 35.0 Å². The van der Waals surface area contributed by atoms with Crippen LogP contribution in [-0.4, -0.2) is 40.0 Å². The van der Waals surface area contributed by atoms with Crippen molar-refractivity contribution in [2.45, 2.75) is 6.42 Å². The first-order valence-electron chi connectivity index (χ1n) is 5.49. The highest BCUT2D eigenvalue weighted by molar-refractivity contribution is 7.99. The van der Waals surface area contributed by atoms with Gasteiger partial charge in [0, 0.05) is 25.9 Å².